The Bertz CT molecular complexity index is 579. The molecule has 0 N–H and O–H groups in total. The third-order valence-corrected chi connectivity index (χ3v) is 4.14. The zero-order valence-corrected chi connectivity index (χ0v) is 15.0. The first-order chi connectivity index (χ1) is 11.3. The van der Waals surface area contributed by atoms with Crippen LogP contribution in [0.1, 0.15) is 46.1 Å². The number of esters is 1. The third kappa shape index (κ3) is 4.08. The van der Waals surface area contributed by atoms with Crippen molar-refractivity contribution in [3.05, 3.63) is 35.9 Å². The second kappa shape index (κ2) is 7.24. The lowest BCUT2D eigenvalue weighted by molar-refractivity contribution is -0.152. The van der Waals surface area contributed by atoms with Crippen LogP contribution >= 0.6 is 0 Å². The van der Waals surface area contributed by atoms with Gasteiger partial charge >= 0.3 is 12.1 Å². The van der Waals surface area contributed by atoms with Crippen molar-refractivity contribution in [1.82, 2.24) is 4.90 Å². The van der Waals surface area contributed by atoms with Gasteiger partial charge in [0.1, 0.15) is 11.0 Å². The van der Waals surface area contributed by atoms with Gasteiger partial charge in [0.05, 0.1) is 6.61 Å². The minimum atomic E-state index is -0.827. The van der Waals surface area contributed by atoms with Gasteiger partial charge in [0.25, 0.3) is 0 Å². The molecule has 1 unspecified atom stereocenters. The first kappa shape index (κ1) is 18.3. The van der Waals surface area contributed by atoms with Crippen molar-refractivity contribution < 1.29 is 19.1 Å². The standard InChI is InChI=1S/C19H27NO4/c1-5-23-16(21)19(15-10-7-6-8-11-15)12-9-13-20(14-19)17(22)24-18(2,3)4/h6-8,10-11H,5,9,12-14H2,1-4H3. The molecule has 1 aliphatic heterocycles. The van der Waals surface area contributed by atoms with Crippen LogP contribution in [0.4, 0.5) is 4.79 Å². The highest BCUT2D eigenvalue weighted by atomic mass is 16.6. The molecule has 5 heteroatoms. The molecular formula is C19H27NO4. The Morgan fingerprint density at radius 2 is 1.88 bits per heavy atom. The van der Waals surface area contributed by atoms with Gasteiger partial charge in [0.15, 0.2) is 0 Å². The van der Waals surface area contributed by atoms with Gasteiger partial charge in [0.2, 0.25) is 0 Å². The molecule has 1 aromatic rings. The number of likely N-dealkylation sites (tertiary alicyclic amines) is 1. The van der Waals surface area contributed by atoms with E-state index in [0.717, 1.165) is 12.0 Å². The van der Waals surface area contributed by atoms with Crippen molar-refractivity contribution in [2.45, 2.75) is 51.6 Å². The number of piperidine rings is 1. The molecular weight excluding hydrogens is 306 g/mol. The third-order valence-electron chi connectivity index (χ3n) is 4.14. The fraction of sp³-hybridized carbons (Fsp3) is 0.579. The number of amides is 1. The molecule has 1 atom stereocenters. The number of hydrogen-bond donors (Lipinski definition) is 0. The number of nitrogens with zero attached hydrogens (tertiary/aromatic N) is 1. The van der Waals surface area contributed by atoms with Crippen LogP contribution in [0, 0.1) is 0 Å². The lowest BCUT2D eigenvalue weighted by Gasteiger charge is -2.41. The summed E-state index contributed by atoms with van der Waals surface area (Å²) in [6.07, 6.45) is 1.01. The smallest absolute Gasteiger partial charge is 0.410 e. The van der Waals surface area contributed by atoms with Crippen molar-refractivity contribution in [3.8, 4) is 0 Å². The normalized spacial score (nSPS) is 21.2. The molecule has 132 valence electrons. The zero-order chi connectivity index (χ0) is 17.8. The van der Waals surface area contributed by atoms with Crippen LogP contribution in [0.3, 0.4) is 0 Å². The topological polar surface area (TPSA) is 55.8 Å². The molecule has 2 rings (SSSR count). The molecule has 0 saturated carbocycles. The molecule has 1 aliphatic rings. The highest BCUT2D eigenvalue weighted by Gasteiger charge is 2.46. The van der Waals surface area contributed by atoms with Gasteiger partial charge in [-0.15, -0.1) is 0 Å². The maximum absolute atomic E-state index is 12.8. The minimum absolute atomic E-state index is 0.274. The van der Waals surface area contributed by atoms with Crippen LogP contribution in [-0.4, -0.2) is 42.3 Å². The van der Waals surface area contributed by atoms with Gasteiger partial charge in [-0.2, -0.15) is 0 Å². The lowest BCUT2D eigenvalue weighted by atomic mass is 9.74. The Balaban J connectivity index is 2.30. The predicted octanol–water partition coefficient (Wildman–Crippen LogP) is 3.52. The van der Waals surface area contributed by atoms with E-state index in [-0.39, 0.29) is 18.6 Å². The van der Waals surface area contributed by atoms with Gasteiger partial charge < -0.3 is 14.4 Å². The molecule has 0 radical (unpaired) electrons. The molecule has 24 heavy (non-hydrogen) atoms. The number of carbonyl (C=O) groups excluding carboxylic acids is 2. The fourth-order valence-corrected chi connectivity index (χ4v) is 3.08. The Kier molecular flexibility index (Phi) is 5.52. The average Bonchev–Trinajstić information content (AvgIpc) is 2.54. The summed E-state index contributed by atoms with van der Waals surface area (Å²) in [5.74, 6) is -0.274. The summed E-state index contributed by atoms with van der Waals surface area (Å²) in [6.45, 7) is 8.50. The number of hydrogen-bond acceptors (Lipinski definition) is 4. The zero-order valence-electron chi connectivity index (χ0n) is 15.0. The first-order valence-electron chi connectivity index (χ1n) is 8.49. The number of carbonyl (C=O) groups is 2. The van der Waals surface area contributed by atoms with Gasteiger partial charge in [-0.1, -0.05) is 30.3 Å². The van der Waals surface area contributed by atoms with E-state index < -0.39 is 11.0 Å². The van der Waals surface area contributed by atoms with Crippen LogP contribution in [0.15, 0.2) is 30.3 Å². The average molecular weight is 333 g/mol. The van der Waals surface area contributed by atoms with E-state index in [2.05, 4.69) is 0 Å². The van der Waals surface area contributed by atoms with Crippen molar-refractivity contribution in [2.75, 3.05) is 19.7 Å². The van der Waals surface area contributed by atoms with Gasteiger partial charge in [-0.3, -0.25) is 4.79 Å². The SMILES string of the molecule is CCOC(=O)C1(c2ccccc2)CCCN(C(=O)OC(C)(C)C)C1. The number of rotatable bonds is 3. The summed E-state index contributed by atoms with van der Waals surface area (Å²) in [5, 5.41) is 0. The van der Waals surface area contributed by atoms with E-state index in [1.165, 1.54) is 0 Å². The van der Waals surface area contributed by atoms with Crippen LogP contribution in [0.2, 0.25) is 0 Å². The molecule has 0 aliphatic carbocycles. The van der Waals surface area contributed by atoms with Crippen LogP contribution in [-0.2, 0) is 19.7 Å². The summed E-state index contributed by atoms with van der Waals surface area (Å²) in [6, 6.07) is 9.58. The van der Waals surface area contributed by atoms with Crippen molar-refractivity contribution in [3.63, 3.8) is 0 Å². The summed E-state index contributed by atoms with van der Waals surface area (Å²) >= 11 is 0. The monoisotopic (exact) mass is 333 g/mol. The van der Waals surface area contributed by atoms with Crippen LogP contribution in [0.25, 0.3) is 0 Å². The Morgan fingerprint density at radius 1 is 1.21 bits per heavy atom. The van der Waals surface area contributed by atoms with Gasteiger partial charge in [-0.05, 0) is 46.1 Å². The number of ether oxygens (including phenoxy) is 2. The highest BCUT2D eigenvalue weighted by molar-refractivity contribution is 5.85. The second-order valence-electron chi connectivity index (χ2n) is 7.17. The molecule has 0 bridgehead atoms. The number of benzene rings is 1. The van der Waals surface area contributed by atoms with E-state index in [1.807, 2.05) is 51.1 Å². The second-order valence-corrected chi connectivity index (χ2v) is 7.17. The van der Waals surface area contributed by atoms with Crippen LogP contribution in [0.5, 0.6) is 0 Å². The molecule has 1 heterocycles. The molecule has 5 nitrogen and oxygen atoms in total. The van der Waals surface area contributed by atoms with Crippen molar-refractivity contribution in [1.29, 1.82) is 0 Å². The Hall–Kier alpha value is -2.04. The molecule has 1 fully saturated rings. The predicted molar refractivity (Wildman–Crippen MR) is 91.8 cm³/mol. The molecule has 0 aromatic heterocycles. The minimum Gasteiger partial charge on any atom is -0.465 e. The Morgan fingerprint density at radius 3 is 2.46 bits per heavy atom. The largest absolute Gasteiger partial charge is 0.465 e. The Labute approximate surface area is 143 Å². The molecule has 1 amide bonds. The summed E-state index contributed by atoms with van der Waals surface area (Å²) in [5.41, 5.74) is -0.503. The molecule has 1 saturated heterocycles. The van der Waals surface area contributed by atoms with Gasteiger partial charge in [-0.25, -0.2) is 4.79 Å². The van der Waals surface area contributed by atoms with Crippen molar-refractivity contribution in [2.24, 2.45) is 0 Å². The van der Waals surface area contributed by atoms with E-state index in [1.54, 1.807) is 11.8 Å². The van der Waals surface area contributed by atoms with Crippen molar-refractivity contribution >= 4 is 12.1 Å². The van der Waals surface area contributed by atoms with E-state index in [0.29, 0.717) is 19.6 Å². The highest BCUT2D eigenvalue weighted by Crippen LogP contribution is 2.36. The molecule has 0 spiro atoms. The summed E-state index contributed by atoms with van der Waals surface area (Å²) in [7, 11) is 0. The van der Waals surface area contributed by atoms with Gasteiger partial charge in [0, 0.05) is 13.1 Å². The maximum atomic E-state index is 12.8. The maximum Gasteiger partial charge on any atom is 0.410 e. The lowest BCUT2D eigenvalue weighted by Crippen LogP contribution is -2.54. The van der Waals surface area contributed by atoms with Crippen LogP contribution < -0.4 is 0 Å². The summed E-state index contributed by atoms with van der Waals surface area (Å²) in [4.78, 5) is 26.9. The quantitative estimate of drug-likeness (QED) is 0.794. The molecule has 1 aromatic carbocycles. The van der Waals surface area contributed by atoms with E-state index in [4.69, 9.17) is 9.47 Å². The van der Waals surface area contributed by atoms with E-state index >= 15 is 0 Å². The first-order valence-corrected chi connectivity index (χ1v) is 8.49. The fourth-order valence-electron chi connectivity index (χ4n) is 3.08. The summed E-state index contributed by atoms with van der Waals surface area (Å²) < 4.78 is 10.8. The van der Waals surface area contributed by atoms with E-state index in [9.17, 15) is 9.59 Å².